The Morgan fingerprint density at radius 2 is 1.85 bits per heavy atom. The van der Waals surface area contributed by atoms with Crippen LogP contribution in [0.15, 0.2) is 0 Å². The van der Waals surface area contributed by atoms with E-state index in [0.717, 1.165) is 12.8 Å². The average molecular weight is 188 g/mol. The molecule has 0 aromatic heterocycles. The van der Waals surface area contributed by atoms with Gasteiger partial charge < -0.3 is 0 Å². The number of alkyl halides is 1. The molecule has 0 bridgehead atoms. The summed E-state index contributed by atoms with van der Waals surface area (Å²) >= 11 is 0. The van der Waals surface area contributed by atoms with Gasteiger partial charge in [0.05, 0.1) is 0 Å². The van der Waals surface area contributed by atoms with Gasteiger partial charge in [0.2, 0.25) is 0 Å². The number of hydrogen-bond acceptors (Lipinski definition) is 0. The van der Waals surface area contributed by atoms with Crippen molar-refractivity contribution < 1.29 is 4.39 Å². The molecule has 13 heavy (non-hydrogen) atoms. The van der Waals surface area contributed by atoms with E-state index in [2.05, 4.69) is 20.8 Å². The van der Waals surface area contributed by atoms with Crippen LogP contribution in [0.25, 0.3) is 0 Å². The first kappa shape index (κ1) is 12.9. The molecule has 0 saturated carbocycles. The Morgan fingerprint density at radius 1 is 1.23 bits per heavy atom. The number of halogens is 1. The Morgan fingerprint density at radius 3 is 2.23 bits per heavy atom. The van der Waals surface area contributed by atoms with Gasteiger partial charge in [-0.2, -0.15) is 0 Å². The minimum atomic E-state index is -0.596. The van der Waals surface area contributed by atoms with Crippen molar-refractivity contribution in [2.45, 2.75) is 72.4 Å². The first-order valence-electron chi connectivity index (χ1n) is 5.72. The van der Waals surface area contributed by atoms with Crippen LogP contribution in [-0.2, 0) is 0 Å². The van der Waals surface area contributed by atoms with Crippen LogP contribution in [0.2, 0.25) is 0 Å². The van der Waals surface area contributed by atoms with E-state index in [4.69, 9.17) is 0 Å². The van der Waals surface area contributed by atoms with Crippen molar-refractivity contribution >= 4 is 0 Å². The lowest BCUT2D eigenvalue weighted by Gasteiger charge is -2.29. The van der Waals surface area contributed by atoms with Gasteiger partial charge in [0, 0.05) is 0 Å². The van der Waals surface area contributed by atoms with Crippen LogP contribution in [-0.4, -0.2) is 6.17 Å². The second-order valence-electron chi connectivity index (χ2n) is 4.48. The maximum Gasteiger partial charge on any atom is 0.100 e. The van der Waals surface area contributed by atoms with Gasteiger partial charge in [0.25, 0.3) is 0 Å². The van der Waals surface area contributed by atoms with E-state index in [1.54, 1.807) is 0 Å². The van der Waals surface area contributed by atoms with Crippen LogP contribution in [0.3, 0.4) is 0 Å². The van der Waals surface area contributed by atoms with Gasteiger partial charge in [0.1, 0.15) is 6.17 Å². The van der Waals surface area contributed by atoms with E-state index in [1.807, 2.05) is 6.92 Å². The summed E-state index contributed by atoms with van der Waals surface area (Å²) in [6.07, 6.45) is 5.57. The first-order chi connectivity index (χ1) is 6.08. The SMILES string of the molecule is CCCCC(C)(CC)CC(F)CC. The molecule has 2 unspecified atom stereocenters. The molecule has 0 spiro atoms. The topological polar surface area (TPSA) is 0 Å². The molecule has 0 aliphatic rings. The van der Waals surface area contributed by atoms with Crippen molar-refractivity contribution in [2.24, 2.45) is 5.41 Å². The number of unbranched alkanes of at least 4 members (excludes halogenated alkanes) is 1. The fourth-order valence-electron chi connectivity index (χ4n) is 1.71. The molecule has 0 nitrogen and oxygen atoms in total. The minimum Gasteiger partial charge on any atom is -0.247 e. The fraction of sp³-hybridized carbons (Fsp3) is 1.00. The summed E-state index contributed by atoms with van der Waals surface area (Å²) in [6.45, 7) is 8.53. The van der Waals surface area contributed by atoms with Crippen LogP contribution in [0, 0.1) is 5.41 Å². The van der Waals surface area contributed by atoms with E-state index in [9.17, 15) is 4.39 Å². The summed E-state index contributed by atoms with van der Waals surface area (Å²) in [6, 6.07) is 0. The Bertz CT molecular complexity index is 122. The Labute approximate surface area is 82.9 Å². The molecule has 0 fully saturated rings. The predicted octanol–water partition coefficient (Wildman–Crippen LogP) is 4.73. The van der Waals surface area contributed by atoms with Crippen LogP contribution >= 0.6 is 0 Å². The number of rotatable bonds is 7. The molecule has 80 valence electrons. The van der Waals surface area contributed by atoms with Gasteiger partial charge >= 0.3 is 0 Å². The number of hydrogen-bond donors (Lipinski definition) is 0. The lowest BCUT2D eigenvalue weighted by molar-refractivity contribution is 0.166. The monoisotopic (exact) mass is 188 g/mol. The third-order valence-electron chi connectivity index (χ3n) is 3.14. The lowest BCUT2D eigenvalue weighted by Crippen LogP contribution is -2.20. The van der Waals surface area contributed by atoms with E-state index >= 15 is 0 Å². The third kappa shape index (κ3) is 5.28. The zero-order chi connectivity index (χ0) is 10.3. The summed E-state index contributed by atoms with van der Waals surface area (Å²) < 4.78 is 13.2. The molecule has 0 aliphatic heterocycles. The highest BCUT2D eigenvalue weighted by atomic mass is 19.1. The van der Waals surface area contributed by atoms with E-state index in [-0.39, 0.29) is 5.41 Å². The normalized spacial score (nSPS) is 18.2. The molecule has 0 rings (SSSR count). The molecule has 2 atom stereocenters. The van der Waals surface area contributed by atoms with Crippen molar-refractivity contribution in [1.82, 2.24) is 0 Å². The second-order valence-corrected chi connectivity index (χ2v) is 4.48. The standard InChI is InChI=1S/C12H25F/c1-5-8-9-12(4,7-3)10-11(13)6-2/h11H,5-10H2,1-4H3. The maximum absolute atomic E-state index is 13.2. The highest BCUT2D eigenvalue weighted by molar-refractivity contribution is 4.76. The van der Waals surface area contributed by atoms with Gasteiger partial charge in [-0.1, -0.05) is 47.0 Å². The summed E-state index contributed by atoms with van der Waals surface area (Å²) in [5.41, 5.74) is 0.242. The Balaban J connectivity index is 3.94. The van der Waals surface area contributed by atoms with Gasteiger partial charge in [-0.3, -0.25) is 0 Å². The fourth-order valence-corrected chi connectivity index (χ4v) is 1.71. The second kappa shape index (κ2) is 6.39. The van der Waals surface area contributed by atoms with E-state index in [0.29, 0.717) is 6.42 Å². The molecule has 1 heteroatoms. The predicted molar refractivity (Wildman–Crippen MR) is 57.7 cm³/mol. The summed E-state index contributed by atoms with van der Waals surface area (Å²) in [5, 5.41) is 0. The first-order valence-corrected chi connectivity index (χ1v) is 5.72. The van der Waals surface area contributed by atoms with Gasteiger partial charge in [0.15, 0.2) is 0 Å². The summed E-state index contributed by atoms with van der Waals surface area (Å²) in [4.78, 5) is 0. The highest BCUT2D eigenvalue weighted by Gasteiger charge is 2.24. The molecular formula is C12H25F. The smallest absolute Gasteiger partial charge is 0.100 e. The maximum atomic E-state index is 13.2. The van der Waals surface area contributed by atoms with Crippen molar-refractivity contribution in [1.29, 1.82) is 0 Å². The van der Waals surface area contributed by atoms with E-state index in [1.165, 1.54) is 19.3 Å². The molecular weight excluding hydrogens is 163 g/mol. The summed E-state index contributed by atoms with van der Waals surface area (Å²) in [5.74, 6) is 0. The van der Waals surface area contributed by atoms with Crippen LogP contribution in [0.4, 0.5) is 4.39 Å². The van der Waals surface area contributed by atoms with Crippen molar-refractivity contribution in [2.75, 3.05) is 0 Å². The van der Waals surface area contributed by atoms with Gasteiger partial charge in [-0.15, -0.1) is 0 Å². The van der Waals surface area contributed by atoms with Gasteiger partial charge in [-0.05, 0) is 24.7 Å². The molecule has 0 amide bonds. The Hall–Kier alpha value is -0.0700. The van der Waals surface area contributed by atoms with Crippen molar-refractivity contribution in [3.05, 3.63) is 0 Å². The molecule has 0 saturated heterocycles. The Kier molecular flexibility index (Phi) is 6.36. The molecule has 0 aromatic rings. The molecule has 0 N–H and O–H groups in total. The quantitative estimate of drug-likeness (QED) is 0.541. The average Bonchev–Trinajstić information content (AvgIpc) is 2.14. The third-order valence-corrected chi connectivity index (χ3v) is 3.14. The van der Waals surface area contributed by atoms with Crippen LogP contribution in [0.5, 0.6) is 0 Å². The largest absolute Gasteiger partial charge is 0.247 e. The molecule has 0 aromatic carbocycles. The van der Waals surface area contributed by atoms with Crippen molar-refractivity contribution in [3.63, 3.8) is 0 Å². The molecule has 0 radical (unpaired) electrons. The highest BCUT2D eigenvalue weighted by Crippen LogP contribution is 2.34. The van der Waals surface area contributed by atoms with Crippen LogP contribution in [0.1, 0.15) is 66.2 Å². The zero-order valence-corrected chi connectivity index (χ0v) is 9.70. The zero-order valence-electron chi connectivity index (χ0n) is 9.70. The van der Waals surface area contributed by atoms with Crippen LogP contribution < -0.4 is 0 Å². The lowest BCUT2D eigenvalue weighted by atomic mass is 9.77. The summed E-state index contributed by atoms with van der Waals surface area (Å²) in [7, 11) is 0. The molecule has 0 heterocycles. The molecule has 0 aliphatic carbocycles. The van der Waals surface area contributed by atoms with E-state index < -0.39 is 6.17 Å². The van der Waals surface area contributed by atoms with Gasteiger partial charge in [-0.25, -0.2) is 4.39 Å². The minimum absolute atomic E-state index is 0.242. The van der Waals surface area contributed by atoms with Crippen molar-refractivity contribution in [3.8, 4) is 0 Å².